The first-order chi connectivity index (χ1) is 8.28. The summed E-state index contributed by atoms with van der Waals surface area (Å²) in [7, 11) is 0. The smallest absolute Gasteiger partial charge is 0.115 e. The third-order valence-corrected chi connectivity index (χ3v) is 3.20. The second-order valence-electron chi connectivity index (χ2n) is 4.51. The standard InChI is InChI=1S/C13H20N2O2/c16-9-8-14-4-6-15(7-5-14)11-12-2-1-3-13(17)10-12/h1-3,10,16-17H,4-9,11H2. The minimum atomic E-state index is 0.243. The maximum Gasteiger partial charge on any atom is 0.115 e. The number of nitrogens with zero attached hydrogens (tertiary/aromatic N) is 2. The highest BCUT2D eigenvalue weighted by atomic mass is 16.3. The van der Waals surface area contributed by atoms with E-state index >= 15 is 0 Å². The molecule has 1 aromatic rings. The summed E-state index contributed by atoms with van der Waals surface area (Å²) in [6.07, 6.45) is 0. The molecule has 0 bridgehead atoms. The Balaban J connectivity index is 1.82. The number of piperazine rings is 1. The Morgan fingerprint density at radius 3 is 2.41 bits per heavy atom. The lowest BCUT2D eigenvalue weighted by Crippen LogP contribution is -2.46. The SMILES string of the molecule is OCCN1CCN(Cc2cccc(O)c2)CC1. The molecule has 2 N–H and O–H groups in total. The molecule has 2 rings (SSSR count). The highest BCUT2D eigenvalue weighted by Crippen LogP contribution is 2.14. The third kappa shape index (κ3) is 3.70. The average molecular weight is 236 g/mol. The maximum atomic E-state index is 9.40. The van der Waals surface area contributed by atoms with E-state index in [9.17, 15) is 5.11 Å². The molecule has 1 fully saturated rings. The number of phenols is 1. The second kappa shape index (κ2) is 6.00. The van der Waals surface area contributed by atoms with Gasteiger partial charge in [0.1, 0.15) is 5.75 Å². The fourth-order valence-corrected chi connectivity index (χ4v) is 2.23. The summed E-state index contributed by atoms with van der Waals surface area (Å²) in [6.45, 7) is 5.98. The number of aliphatic hydroxyl groups excluding tert-OH is 1. The lowest BCUT2D eigenvalue weighted by atomic mass is 10.2. The number of phenolic OH excluding ortho intramolecular Hbond substituents is 1. The Morgan fingerprint density at radius 2 is 1.76 bits per heavy atom. The summed E-state index contributed by atoms with van der Waals surface area (Å²) in [5.74, 6) is 0.335. The molecule has 1 aliphatic heterocycles. The van der Waals surface area contributed by atoms with E-state index in [0.29, 0.717) is 5.75 Å². The predicted molar refractivity (Wildman–Crippen MR) is 66.9 cm³/mol. The largest absolute Gasteiger partial charge is 0.508 e. The lowest BCUT2D eigenvalue weighted by Gasteiger charge is -2.34. The van der Waals surface area contributed by atoms with Crippen molar-refractivity contribution in [2.24, 2.45) is 0 Å². The molecule has 0 aromatic heterocycles. The van der Waals surface area contributed by atoms with Crippen LogP contribution in [0.15, 0.2) is 24.3 Å². The molecule has 1 aromatic carbocycles. The van der Waals surface area contributed by atoms with Crippen molar-refractivity contribution in [3.63, 3.8) is 0 Å². The van der Waals surface area contributed by atoms with E-state index in [-0.39, 0.29) is 6.61 Å². The van der Waals surface area contributed by atoms with Crippen LogP contribution >= 0.6 is 0 Å². The van der Waals surface area contributed by atoms with Crippen molar-refractivity contribution in [1.82, 2.24) is 9.80 Å². The fraction of sp³-hybridized carbons (Fsp3) is 0.538. The minimum absolute atomic E-state index is 0.243. The Morgan fingerprint density at radius 1 is 1.06 bits per heavy atom. The van der Waals surface area contributed by atoms with Crippen LogP contribution in [0.1, 0.15) is 5.56 Å². The molecule has 4 heteroatoms. The van der Waals surface area contributed by atoms with Crippen LogP contribution in [-0.2, 0) is 6.54 Å². The molecule has 0 radical (unpaired) electrons. The van der Waals surface area contributed by atoms with Gasteiger partial charge in [0.15, 0.2) is 0 Å². The Kier molecular flexibility index (Phi) is 4.36. The van der Waals surface area contributed by atoms with Crippen molar-refractivity contribution in [3.05, 3.63) is 29.8 Å². The average Bonchev–Trinajstić information content (AvgIpc) is 2.32. The van der Waals surface area contributed by atoms with Gasteiger partial charge in [-0.15, -0.1) is 0 Å². The monoisotopic (exact) mass is 236 g/mol. The molecule has 1 aliphatic rings. The first-order valence-electron chi connectivity index (χ1n) is 6.11. The number of hydrogen-bond donors (Lipinski definition) is 2. The highest BCUT2D eigenvalue weighted by Gasteiger charge is 2.16. The van der Waals surface area contributed by atoms with Gasteiger partial charge in [0.2, 0.25) is 0 Å². The molecule has 94 valence electrons. The second-order valence-corrected chi connectivity index (χ2v) is 4.51. The zero-order valence-corrected chi connectivity index (χ0v) is 10.0. The van der Waals surface area contributed by atoms with Crippen LogP contribution in [0, 0.1) is 0 Å². The van der Waals surface area contributed by atoms with Crippen LogP contribution in [0.5, 0.6) is 5.75 Å². The fourth-order valence-electron chi connectivity index (χ4n) is 2.23. The minimum Gasteiger partial charge on any atom is -0.508 e. The third-order valence-electron chi connectivity index (χ3n) is 3.20. The van der Waals surface area contributed by atoms with E-state index in [1.54, 1.807) is 6.07 Å². The van der Waals surface area contributed by atoms with Gasteiger partial charge >= 0.3 is 0 Å². The molecule has 4 nitrogen and oxygen atoms in total. The van der Waals surface area contributed by atoms with Crippen LogP contribution in [0.2, 0.25) is 0 Å². The van der Waals surface area contributed by atoms with E-state index in [1.807, 2.05) is 18.2 Å². The summed E-state index contributed by atoms with van der Waals surface area (Å²) < 4.78 is 0. The quantitative estimate of drug-likeness (QED) is 0.799. The van der Waals surface area contributed by atoms with Crippen molar-refractivity contribution in [2.45, 2.75) is 6.54 Å². The van der Waals surface area contributed by atoms with Gasteiger partial charge in [-0.3, -0.25) is 9.80 Å². The summed E-state index contributed by atoms with van der Waals surface area (Å²) >= 11 is 0. The summed E-state index contributed by atoms with van der Waals surface area (Å²) in [6, 6.07) is 7.44. The number of benzene rings is 1. The Bertz CT molecular complexity index is 349. The molecule has 17 heavy (non-hydrogen) atoms. The summed E-state index contributed by atoms with van der Waals surface area (Å²) in [5.41, 5.74) is 1.15. The Hall–Kier alpha value is -1.10. The van der Waals surface area contributed by atoms with Gasteiger partial charge in [-0.1, -0.05) is 12.1 Å². The van der Waals surface area contributed by atoms with Gasteiger partial charge in [0.05, 0.1) is 6.61 Å². The van der Waals surface area contributed by atoms with E-state index < -0.39 is 0 Å². The molecule has 1 heterocycles. The number of aliphatic hydroxyl groups is 1. The molecule has 0 aliphatic carbocycles. The first kappa shape index (κ1) is 12.4. The number of rotatable bonds is 4. The normalized spacial score (nSPS) is 18.4. The molecule has 0 spiro atoms. The first-order valence-corrected chi connectivity index (χ1v) is 6.11. The zero-order valence-electron chi connectivity index (χ0n) is 10.0. The molecular formula is C13H20N2O2. The topological polar surface area (TPSA) is 46.9 Å². The molecule has 1 saturated heterocycles. The van der Waals surface area contributed by atoms with Gasteiger partial charge in [-0.2, -0.15) is 0 Å². The van der Waals surface area contributed by atoms with E-state index in [4.69, 9.17) is 5.11 Å². The summed E-state index contributed by atoms with van der Waals surface area (Å²) in [4.78, 5) is 4.65. The Labute approximate surface area is 102 Å². The molecular weight excluding hydrogens is 216 g/mol. The lowest BCUT2D eigenvalue weighted by molar-refractivity contribution is 0.108. The zero-order chi connectivity index (χ0) is 12.1. The number of β-amino-alcohol motifs (C(OH)–C–C–N with tert-alkyl or cyclic N) is 1. The van der Waals surface area contributed by atoms with Crippen LogP contribution in [0.3, 0.4) is 0 Å². The molecule has 0 amide bonds. The van der Waals surface area contributed by atoms with E-state index in [1.165, 1.54) is 0 Å². The van der Waals surface area contributed by atoms with Gasteiger partial charge in [-0.25, -0.2) is 0 Å². The van der Waals surface area contributed by atoms with Gasteiger partial charge in [-0.05, 0) is 17.7 Å². The van der Waals surface area contributed by atoms with Crippen LogP contribution in [0.4, 0.5) is 0 Å². The van der Waals surface area contributed by atoms with Crippen molar-refractivity contribution in [3.8, 4) is 5.75 Å². The molecule has 0 saturated carbocycles. The van der Waals surface area contributed by atoms with Crippen LogP contribution in [0.25, 0.3) is 0 Å². The highest BCUT2D eigenvalue weighted by molar-refractivity contribution is 5.27. The molecule has 0 unspecified atom stereocenters. The van der Waals surface area contributed by atoms with Gasteiger partial charge in [0, 0.05) is 39.3 Å². The van der Waals surface area contributed by atoms with Crippen molar-refractivity contribution >= 4 is 0 Å². The van der Waals surface area contributed by atoms with Crippen molar-refractivity contribution < 1.29 is 10.2 Å². The predicted octanol–water partition coefficient (Wildman–Crippen LogP) is 0.502. The van der Waals surface area contributed by atoms with Gasteiger partial charge < -0.3 is 10.2 Å². The van der Waals surface area contributed by atoms with Crippen molar-refractivity contribution in [2.75, 3.05) is 39.3 Å². The van der Waals surface area contributed by atoms with Crippen LogP contribution < -0.4 is 0 Å². The van der Waals surface area contributed by atoms with E-state index in [2.05, 4.69) is 9.80 Å². The number of hydrogen-bond acceptors (Lipinski definition) is 4. The maximum absolute atomic E-state index is 9.40. The molecule has 0 atom stereocenters. The van der Waals surface area contributed by atoms with E-state index in [0.717, 1.165) is 44.8 Å². The van der Waals surface area contributed by atoms with Crippen LogP contribution in [-0.4, -0.2) is 59.3 Å². The van der Waals surface area contributed by atoms with Gasteiger partial charge in [0.25, 0.3) is 0 Å². The van der Waals surface area contributed by atoms with Crippen molar-refractivity contribution in [1.29, 1.82) is 0 Å². The summed E-state index contributed by atoms with van der Waals surface area (Å²) in [5, 5.41) is 18.3. The number of aromatic hydroxyl groups is 1.